The summed E-state index contributed by atoms with van der Waals surface area (Å²) in [5.41, 5.74) is 10.1. The number of hydrogen-bond donors (Lipinski definition) is 3. The van der Waals surface area contributed by atoms with Crippen LogP contribution in [0.25, 0.3) is 0 Å². The Bertz CT molecular complexity index is 967. The molecule has 3 saturated heterocycles. The summed E-state index contributed by atoms with van der Waals surface area (Å²) >= 11 is 0. The zero-order valence-electron chi connectivity index (χ0n) is 17.8. The van der Waals surface area contributed by atoms with E-state index >= 15 is 0 Å². The number of nitrogens with one attached hydrogen (secondary N) is 2. The number of benzene rings is 2. The van der Waals surface area contributed by atoms with Gasteiger partial charge in [-0.2, -0.15) is 0 Å². The highest BCUT2D eigenvalue weighted by atomic mass is 19.1. The molecule has 5 unspecified atom stereocenters. The second-order valence-corrected chi connectivity index (χ2v) is 8.96. The Morgan fingerprint density at radius 3 is 2.58 bits per heavy atom. The minimum Gasteiger partial charge on any atom is -0.508 e. The van der Waals surface area contributed by atoms with E-state index in [1.165, 1.54) is 12.1 Å². The number of nitrogens with zero attached hydrogens (tertiary/aromatic N) is 1. The van der Waals surface area contributed by atoms with Crippen LogP contribution in [0.5, 0.6) is 5.75 Å². The minimum atomic E-state index is -0.429. The second kappa shape index (κ2) is 7.89. The Morgan fingerprint density at radius 1 is 1.16 bits per heavy atom. The van der Waals surface area contributed by atoms with Crippen LogP contribution in [0.1, 0.15) is 47.2 Å². The third-order valence-electron chi connectivity index (χ3n) is 6.87. The van der Waals surface area contributed by atoms with Gasteiger partial charge in [-0.05, 0) is 61.6 Å². The van der Waals surface area contributed by atoms with E-state index in [2.05, 4.69) is 10.9 Å². The van der Waals surface area contributed by atoms with E-state index < -0.39 is 6.04 Å². The van der Waals surface area contributed by atoms with Gasteiger partial charge in [0.25, 0.3) is 0 Å². The van der Waals surface area contributed by atoms with Crippen LogP contribution in [0, 0.1) is 25.6 Å². The molecule has 0 radical (unpaired) electrons. The van der Waals surface area contributed by atoms with Gasteiger partial charge in [-0.15, -0.1) is 0 Å². The van der Waals surface area contributed by atoms with Crippen LogP contribution >= 0.6 is 0 Å². The Labute approximate surface area is 181 Å². The molecule has 164 valence electrons. The molecule has 0 aromatic heterocycles. The SMILES string of the molecule is Cc1cc(C)c(C2NNC3C(=O)N(CC4CCCO4)C(c4ccc(F)cc4)C32)c(O)c1. The standard InChI is InChI=1S/C24H28FN3O3/c1-13-10-14(2)19(18(29)11-13)21-20-22(27-26-21)24(30)28(12-17-4-3-9-31-17)23(20)15-5-7-16(25)8-6-15/h5-8,10-11,17,20-23,26-27,29H,3-4,9,12H2,1-2H3. The lowest BCUT2D eigenvalue weighted by atomic mass is 9.81. The molecule has 0 saturated carbocycles. The van der Waals surface area contributed by atoms with Gasteiger partial charge < -0.3 is 14.7 Å². The average molecular weight is 426 g/mol. The molecule has 2 aromatic carbocycles. The van der Waals surface area contributed by atoms with Crippen molar-refractivity contribution < 1.29 is 19.0 Å². The molecule has 1 amide bonds. The summed E-state index contributed by atoms with van der Waals surface area (Å²) in [7, 11) is 0. The number of halogens is 1. The Morgan fingerprint density at radius 2 is 1.90 bits per heavy atom. The number of hydrazine groups is 1. The number of carbonyl (C=O) groups is 1. The van der Waals surface area contributed by atoms with E-state index in [9.17, 15) is 14.3 Å². The fourth-order valence-corrected chi connectivity index (χ4v) is 5.58. The molecule has 5 rings (SSSR count). The zero-order valence-corrected chi connectivity index (χ0v) is 17.8. The fourth-order valence-electron chi connectivity index (χ4n) is 5.58. The van der Waals surface area contributed by atoms with Crippen LogP contribution in [0.3, 0.4) is 0 Å². The lowest BCUT2D eigenvalue weighted by molar-refractivity contribution is -0.132. The molecule has 6 nitrogen and oxygen atoms in total. The Kier molecular flexibility index (Phi) is 5.20. The summed E-state index contributed by atoms with van der Waals surface area (Å²) in [5.74, 6) is -0.234. The van der Waals surface area contributed by atoms with Crippen LogP contribution in [0.4, 0.5) is 4.39 Å². The van der Waals surface area contributed by atoms with Gasteiger partial charge in [0.05, 0.1) is 18.2 Å². The topological polar surface area (TPSA) is 73.8 Å². The predicted octanol–water partition coefficient (Wildman–Crippen LogP) is 3.04. The first-order valence-electron chi connectivity index (χ1n) is 10.9. The van der Waals surface area contributed by atoms with Crippen molar-refractivity contribution >= 4 is 5.91 Å². The van der Waals surface area contributed by atoms with Gasteiger partial charge in [0.2, 0.25) is 5.91 Å². The van der Waals surface area contributed by atoms with Crippen LogP contribution in [0.15, 0.2) is 36.4 Å². The van der Waals surface area contributed by atoms with Gasteiger partial charge >= 0.3 is 0 Å². The van der Waals surface area contributed by atoms with Crippen molar-refractivity contribution in [1.29, 1.82) is 0 Å². The molecule has 3 aliphatic heterocycles. The number of fused-ring (bicyclic) bond motifs is 1. The minimum absolute atomic E-state index is 0.00841. The van der Waals surface area contributed by atoms with Crippen molar-refractivity contribution in [3.05, 3.63) is 64.5 Å². The van der Waals surface area contributed by atoms with Crippen molar-refractivity contribution in [1.82, 2.24) is 15.8 Å². The fraction of sp³-hybridized carbons (Fsp3) is 0.458. The summed E-state index contributed by atoms with van der Waals surface area (Å²) < 4.78 is 19.5. The first kappa shape index (κ1) is 20.4. The molecule has 0 bridgehead atoms. The number of rotatable bonds is 4. The lowest BCUT2D eigenvalue weighted by Crippen LogP contribution is -2.43. The summed E-state index contributed by atoms with van der Waals surface area (Å²) in [5, 5.41) is 10.8. The van der Waals surface area contributed by atoms with E-state index in [0.29, 0.717) is 6.54 Å². The van der Waals surface area contributed by atoms with E-state index in [4.69, 9.17) is 4.74 Å². The summed E-state index contributed by atoms with van der Waals surface area (Å²) in [6, 6.07) is 9.25. The number of phenolic OH excluding ortho intramolecular Hbond substituents is 1. The maximum Gasteiger partial charge on any atom is 0.242 e. The monoisotopic (exact) mass is 425 g/mol. The van der Waals surface area contributed by atoms with Gasteiger partial charge in [-0.25, -0.2) is 15.2 Å². The van der Waals surface area contributed by atoms with E-state index in [1.54, 1.807) is 18.2 Å². The molecule has 0 spiro atoms. The third kappa shape index (κ3) is 3.50. The van der Waals surface area contributed by atoms with Gasteiger partial charge in [0.15, 0.2) is 0 Å². The Balaban J connectivity index is 1.57. The van der Waals surface area contributed by atoms with E-state index in [-0.39, 0.29) is 41.6 Å². The van der Waals surface area contributed by atoms with Crippen molar-refractivity contribution in [2.45, 2.75) is 50.9 Å². The van der Waals surface area contributed by atoms with Gasteiger partial charge in [-0.3, -0.25) is 4.79 Å². The van der Waals surface area contributed by atoms with Crippen molar-refractivity contribution in [2.75, 3.05) is 13.2 Å². The highest BCUT2D eigenvalue weighted by Crippen LogP contribution is 2.49. The molecule has 3 aliphatic rings. The highest BCUT2D eigenvalue weighted by molar-refractivity contribution is 5.86. The summed E-state index contributed by atoms with van der Waals surface area (Å²) in [6.45, 7) is 5.16. The number of aryl methyl sites for hydroxylation is 2. The zero-order chi connectivity index (χ0) is 21.7. The first-order valence-corrected chi connectivity index (χ1v) is 10.9. The molecule has 3 N–H and O–H groups in total. The third-order valence-corrected chi connectivity index (χ3v) is 6.87. The van der Waals surface area contributed by atoms with Crippen LogP contribution < -0.4 is 10.9 Å². The molecular weight excluding hydrogens is 397 g/mol. The van der Waals surface area contributed by atoms with Crippen LogP contribution in [0.2, 0.25) is 0 Å². The maximum absolute atomic E-state index is 13.7. The smallest absolute Gasteiger partial charge is 0.242 e. The lowest BCUT2D eigenvalue weighted by Gasteiger charge is -2.33. The van der Waals surface area contributed by atoms with Gasteiger partial charge in [-0.1, -0.05) is 18.2 Å². The van der Waals surface area contributed by atoms with E-state index in [0.717, 1.165) is 41.7 Å². The number of amides is 1. The molecule has 3 fully saturated rings. The van der Waals surface area contributed by atoms with Crippen molar-refractivity contribution in [3.8, 4) is 5.75 Å². The average Bonchev–Trinajstić information content (AvgIpc) is 3.43. The normalized spacial score (nSPS) is 30.2. The van der Waals surface area contributed by atoms with Crippen molar-refractivity contribution in [2.24, 2.45) is 5.92 Å². The quantitative estimate of drug-likeness (QED) is 0.702. The molecule has 7 heteroatoms. The molecule has 3 heterocycles. The second-order valence-electron chi connectivity index (χ2n) is 8.96. The van der Waals surface area contributed by atoms with Gasteiger partial charge in [0, 0.05) is 24.6 Å². The number of likely N-dealkylation sites (tertiary alicyclic amines) is 1. The summed E-state index contributed by atoms with van der Waals surface area (Å²) in [4.78, 5) is 15.3. The Hall–Kier alpha value is -2.48. The van der Waals surface area contributed by atoms with Gasteiger partial charge in [0.1, 0.15) is 17.6 Å². The van der Waals surface area contributed by atoms with Crippen molar-refractivity contribution in [3.63, 3.8) is 0 Å². The number of ether oxygens (including phenoxy) is 1. The van der Waals surface area contributed by atoms with Crippen LogP contribution in [-0.2, 0) is 9.53 Å². The number of carbonyl (C=O) groups excluding carboxylic acids is 1. The number of phenols is 1. The predicted molar refractivity (Wildman–Crippen MR) is 114 cm³/mol. The number of hydrogen-bond acceptors (Lipinski definition) is 5. The largest absolute Gasteiger partial charge is 0.508 e. The summed E-state index contributed by atoms with van der Waals surface area (Å²) in [6.07, 6.45) is 1.95. The van der Waals surface area contributed by atoms with E-state index in [1.807, 2.05) is 24.8 Å². The maximum atomic E-state index is 13.7. The van der Waals surface area contributed by atoms with Crippen LogP contribution in [-0.4, -0.2) is 41.2 Å². The molecule has 31 heavy (non-hydrogen) atoms. The molecule has 5 atom stereocenters. The first-order chi connectivity index (χ1) is 14.9. The number of aromatic hydroxyl groups is 1. The highest BCUT2D eigenvalue weighted by Gasteiger charge is 2.56. The molecular formula is C24H28FN3O3. The molecule has 2 aromatic rings. The molecule has 0 aliphatic carbocycles.